The van der Waals surface area contributed by atoms with Crippen LogP contribution in [0, 0.1) is 0 Å². The van der Waals surface area contributed by atoms with Gasteiger partial charge in [0.15, 0.2) is 0 Å². The first-order valence-electron chi connectivity index (χ1n) is 47.1. The number of aryl methyl sites for hydroxylation is 2. The maximum absolute atomic E-state index is 9.89. The monoisotopic (exact) mass is 1540 g/mol. The average Bonchev–Trinajstić information content (AvgIpc) is 1.49. The molecule has 120 heavy (non-hydrogen) atoms. The highest BCUT2D eigenvalue weighted by atomic mass is 15.2. The smallest absolute Gasteiger partial charge is 0.252 e. The average molecular weight is 1540 g/mol. The van der Waals surface area contributed by atoms with Crippen LogP contribution in [-0.2, 0) is 23.7 Å². The van der Waals surface area contributed by atoms with E-state index in [4.69, 9.17) is 2.74 Å². The molecule has 0 N–H and O–H groups in total. The Morgan fingerprint density at radius 1 is 0.250 bits per heavy atom. The van der Waals surface area contributed by atoms with Crippen molar-refractivity contribution in [2.75, 3.05) is 22.9 Å². The number of anilines is 4. The van der Waals surface area contributed by atoms with Gasteiger partial charge >= 0.3 is 0 Å². The Hall–Kier alpha value is -13.8. The van der Waals surface area contributed by atoms with Crippen LogP contribution >= 0.6 is 0 Å². The van der Waals surface area contributed by atoms with Gasteiger partial charge in [0.2, 0.25) is 0 Å². The molecule has 0 amide bonds. The molecule has 18 aromatic rings. The number of hydrogen-bond acceptors (Lipinski definition) is 2. The lowest BCUT2D eigenvalue weighted by molar-refractivity contribution is 0.641. The maximum Gasteiger partial charge on any atom is 0.252 e. The van der Waals surface area contributed by atoms with Crippen LogP contribution in [0.1, 0.15) is 118 Å². The SMILES string of the molecule is [2H]c1c([2H])c([2H])c2c(c1[2H])c1c([2H])c([2H])c([2H])c([2H])c1n2-c1cc2c3c(c1)N(CCCCCCc1ccccc1-c1ccc4c(c1)C1(c5ccccc5-c5ccccc51)c1ccccc1-4)c1ccc(-c4ccccc4)cc1B3c1cc(-c3ccccc3)ccc1N2CCCCCCc1ccccc1-c1ccc2c(c1)C1(c3ccccc3-c3ccccc31)c1ccccc1-2. The van der Waals surface area contributed by atoms with E-state index in [1.54, 1.807) is 4.57 Å². The highest BCUT2D eigenvalue weighted by Gasteiger charge is 2.54. The highest BCUT2D eigenvalue weighted by Crippen LogP contribution is 2.65. The first-order chi connectivity index (χ1) is 62.9. The molecular formula is C116H88BN3. The van der Waals surface area contributed by atoms with Crippen LogP contribution in [0.3, 0.4) is 0 Å². The summed E-state index contributed by atoms with van der Waals surface area (Å²) < 4.78 is 77.7. The molecule has 4 aliphatic carbocycles. The molecule has 4 heteroatoms. The summed E-state index contributed by atoms with van der Waals surface area (Å²) in [4.78, 5) is 5.01. The molecule has 0 unspecified atom stereocenters. The van der Waals surface area contributed by atoms with E-state index >= 15 is 0 Å². The fourth-order valence-electron chi connectivity index (χ4n) is 22.5. The van der Waals surface area contributed by atoms with E-state index in [-0.39, 0.29) is 52.7 Å². The molecule has 17 aromatic carbocycles. The maximum atomic E-state index is 9.89. The lowest BCUT2D eigenvalue weighted by atomic mass is 9.33. The van der Waals surface area contributed by atoms with Gasteiger partial charge < -0.3 is 14.4 Å². The first-order valence-corrected chi connectivity index (χ1v) is 43.1. The lowest BCUT2D eigenvalue weighted by Crippen LogP contribution is -2.62. The van der Waals surface area contributed by atoms with Crippen LogP contribution in [0.25, 0.3) is 117 Å². The van der Waals surface area contributed by atoms with Gasteiger partial charge in [0, 0.05) is 46.6 Å². The Kier molecular flexibility index (Phi) is 14.8. The van der Waals surface area contributed by atoms with E-state index in [0.717, 1.165) is 115 Å². The molecule has 0 bridgehead atoms. The first kappa shape index (κ1) is 62.4. The lowest BCUT2D eigenvalue weighted by Gasteiger charge is -2.45. The van der Waals surface area contributed by atoms with Crippen molar-refractivity contribution in [3.8, 4) is 94.7 Å². The van der Waals surface area contributed by atoms with E-state index in [0.29, 0.717) is 18.8 Å². The van der Waals surface area contributed by atoms with Gasteiger partial charge in [-0.2, -0.15) is 0 Å². The molecule has 0 saturated carbocycles. The molecule has 2 spiro atoms. The summed E-state index contributed by atoms with van der Waals surface area (Å²) in [7, 11) is 0. The van der Waals surface area contributed by atoms with E-state index in [9.17, 15) is 8.22 Å². The van der Waals surface area contributed by atoms with Gasteiger partial charge in [-0.25, -0.2) is 0 Å². The fourth-order valence-corrected chi connectivity index (χ4v) is 22.5. The Labute approximate surface area is 715 Å². The van der Waals surface area contributed by atoms with Crippen molar-refractivity contribution in [1.82, 2.24) is 4.57 Å². The standard InChI is InChI=1S/C116H88BN3/c1(7-39-79-41-13-15-43-86(79)83-61-65-94-92-49-21-29-57-102(92)115(104(94)71-83)98-53-25-17-45-88(98)89-46-18-26-54-99(89)115)3-33-69-118-110-67-63-81(77-35-9-5-10-36-77)73-106(110)117-107-74-82(78-37-11-6-12-38-78)64-68-111(107)119(113-76-85(75-112(118)114(113)117)120-108-59-31-23-51-96(108)97-52-24-32-60-109(97)120)70-34-4-2-8-40-80-42-14-16-44-87(80)84-62-66-95-93-50-22-30-58-103(93)116(105(95)72-84)100-55-27-19-47-90(100)91-48-20-28-56-101(91)116/h5-6,9-32,35-38,41-68,71-76H,1-4,7-8,33-34,39-40,69-70H2/i23D,24D,31D,32D,51D,52D,59D,60D. The van der Waals surface area contributed by atoms with Crippen molar-refractivity contribution in [2.45, 2.75) is 75.0 Å². The van der Waals surface area contributed by atoms with Crippen molar-refractivity contribution < 1.29 is 11.0 Å². The van der Waals surface area contributed by atoms with Gasteiger partial charge in [-0.05, 0) is 248 Å². The predicted molar refractivity (Wildman–Crippen MR) is 504 cm³/mol. The molecule has 24 rings (SSSR count). The largest absolute Gasteiger partial charge is 0.342 e. The Bertz CT molecular complexity index is 7110. The molecule has 0 saturated heterocycles. The van der Waals surface area contributed by atoms with E-state index < -0.39 is 35.0 Å². The topological polar surface area (TPSA) is 11.4 Å². The van der Waals surface area contributed by atoms with Crippen LogP contribution in [0.15, 0.2) is 388 Å². The Morgan fingerprint density at radius 2 is 0.575 bits per heavy atom. The third-order valence-corrected chi connectivity index (χ3v) is 27.6. The summed E-state index contributed by atoms with van der Waals surface area (Å²) in [5.74, 6) is 0. The number of benzene rings is 17. The minimum atomic E-state index is -0.469. The van der Waals surface area contributed by atoms with Crippen LogP contribution in [0.5, 0.6) is 0 Å². The van der Waals surface area contributed by atoms with Crippen molar-refractivity contribution in [3.05, 3.63) is 444 Å². The minimum Gasteiger partial charge on any atom is -0.342 e. The molecule has 2 aliphatic heterocycles. The van der Waals surface area contributed by atoms with E-state index in [1.165, 1.54) is 133 Å². The molecular weight excluding hydrogens is 1450 g/mol. The quantitative estimate of drug-likeness (QED) is 0.0590. The van der Waals surface area contributed by atoms with E-state index in [1.807, 2.05) is 0 Å². The molecule has 0 atom stereocenters. The summed E-state index contributed by atoms with van der Waals surface area (Å²) >= 11 is 0. The number of nitrogens with zero attached hydrogens (tertiary/aromatic N) is 3. The number of unbranched alkanes of at least 4 members (excludes halogenated alkanes) is 6. The van der Waals surface area contributed by atoms with Gasteiger partial charge in [0.25, 0.3) is 6.71 Å². The Balaban J connectivity index is 0.589. The number of fused-ring (bicyclic) bond motifs is 27. The highest BCUT2D eigenvalue weighted by molar-refractivity contribution is 7.00. The van der Waals surface area contributed by atoms with Gasteiger partial charge in [-0.1, -0.05) is 365 Å². The summed E-state index contributed by atoms with van der Waals surface area (Å²) in [5.41, 5.74) is 40.4. The summed E-state index contributed by atoms with van der Waals surface area (Å²) in [6, 6.07) is 123. The van der Waals surface area contributed by atoms with Crippen LogP contribution in [-0.4, -0.2) is 24.4 Å². The number of hydrogen-bond donors (Lipinski definition) is 0. The summed E-state index contributed by atoms with van der Waals surface area (Å²) in [6.45, 7) is 0.984. The van der Waals surface area contributed by atoms with Gasteiger partial charge in [-0.3, -0.25) is 0 Å². The molecule has 0 radical (unpaired) electrons. The molecule has 570 valence electrons. The molecule has 3 nitrogen and oxygen atoms in total. The van der Waals surface area contributed by atoms with E-state index in [2.05, 4.69) is 350 Å². The summed E-state index contributed by atoms with van der Waals surface area (Å²) in [5, 5.41) is 0.111. The zero-order chi connectivity index (χ0) is 86.0. The van der Waals surface area contributed by atoms with Crippen LogP contribution in [0.2, 0.25) is 0 Å². The number of rotatable bonds is 19. The van der Waals surface area contributed by atoms with Crippen molar-refractivity contribution in [1.29, 1.82) is 0 Å². The van der Waals surface area contributed by atoms with Gasteiger partial charge in [0.1, 0.15) is 0 Å². The second-order valence-electron chi connectivity index (χ2n) is 33.6. The molecule has 1 aromatic heterocycles. The van der Waals surface area contributed by atoms with Crippen LogP contribution < -0.4 is 26.2 Å². The van der Waals surface area contributed by atoms with Gasteiger partial charge in [0.05, 0.1) is 38.5 Å². The van der Waals surface area contributed by atoms with Crippen molar-refractivity contribution >= 4 is 67.7 Å². The Morgan fingerprint density at radius 3 is 0.967 bits per heavy atom. The third-order valence-electron chi connectivity index (χ3n) is 27.6. The van der Waals surface area contributed by atoms with Crippen molar-refractivity contribution in [3.63, 3.8) is 0 Å². The zero-order valence-corrected chi connectivity index (χ0v) is 66.7. The number of aromatic nitrogens is 1. The second kappa shape index (κ2) is 28.5. The molecule has 6 aliphatic rings. The molecule has 3 heterocycles. The number of para-hydroxylation sites is 2. The minimum absolute atomic E-state index is 0.0554. The summed E-state index contributed by atoms with van der Waals surface area (Å²) in [6.07, 6.45) is 9.30. The molecule has 0 fully saturated rings. The zero-order valence-electron chi connectivity index (χ0n) is 74.7. The van der Waals surface area contributed by atoms with Gasteiger partial charge in [-0.15, -0.1) is 0 Å². The predicted octanol–water partition coefficient (Wildman–Crippen LogP) is 27.2. The normalized spacial score (nSPS) is 14.8. The fraction of sp³-hybridized carbons (Fsp3) is 0.121. The second-order valence-corrected chi connectivity index (χ2v) is 33.6. The van der Waals surface area contributed by atoms with Crippen LogP contribution in [0.4, 0.5) is 22.7 Å². The van der Waals surface area contributed by atoms with Crippen molar-refractivity contribution in [2.24, 2.45) is 0 Å². The third kappa shape index (κ3) is 10.7.